The molecule has 0 heterocycles. The maximum absolute atomic E-state index is 6.02. The van der Waals surface area contributed by atoms with Crippen LogP contribution in [0, 0.1) is 17.8 Å². The van der Waals surface area contributed by atoms with Gasteiger partial charge >= 0.3 is 0 Å². The Morgan fingerprint density at radius 3 is 2.00 bits per heavy atom. The molecule has 0 saturated heterocycles. The topological polar surface area (TPSA) is 41.3 Å². The van der Waals surface area contributed by atoms with E-state index in [0.29, 0.717) is 6.04 Å². The molecule has 3 heteroatoms. The maximum Gasteiger partial charge on any atom is 0.0422 e. The lowest BCUT2D eigenvalue weighted by Gasteiger charge is -2.48. The molecule has 0 radical (unpaired) electrons. The van der Waals surface area contributed by atoms with Crippen molar-refractivity contribution < 1.29 is 0 Å². The molecule has 3 atom stereocenters. The number of nitrogens with two attached hydrogens (primary N) is 1. The first kappa shape index (κ1) is 15.3. The molecule has 2 aliphatic carbocycles. The van der Waals surface area contributed by atoms with Gasteiger partial charge in [-0.15, -0.1) is 0 Å². The van der Waals surface area contributed by atoms with Crippen molar-refractivity contribution in [2.24, 2.45) is 23.6 Å². The summed E-state index contributed by atoms with van der Waals surface area (Å²) in [6.45, 7) is 4.82. The lowest BCUT2D eigenvalue weighted by Crippen LogP contribution is -2.62. The summed E-state index contributed by atoms with van der Waals surface area (Å²) in [7, 11) is 4.48. The van der Waals surface area contributed by atoms with Crippen LogP contribution in [-0.2, 0) is 0 Å². The number of nitrogens with zero attached hydrogens (tertiary/aromatic N) is 1. The van der Waals surface area contributed by atoms with E-state index >= 15 is 0 Å². The Hall–Kier alpha value is -0.120. The SMILES string of the molecule is CC1CC(C)CC(C(NN)C2(N(C)C)CCCC2)C1. The zero-order valence-electron chi connectivity index (χ0n) is 13.3. The van der Waals surface area contributed by atoms with Crippen LogP contribution >= 0.6 is 0 Å². The Bertz CT molecular complexity index is 274. The van der Waals surface area contributed by atoms with Crippen LogP contribution in [0.1, 0.15) is 58.8 Å². The Morgan fingerprint density at radius 1 is 1.05 bits per heavy atom. The highest BCUT2D eigenvalue weighted by Crippen LogP contribution is 2.44. The highest BCUT2D eigenvalue weighted by Gasteiger charge is 2.47. The summed E-state index contributed by atoms with van der Waals surface area (Å²) in [5, 5.41) is 0. The van der Waals surface area contributed by atoms with Gasteiger partial charge in [0.05, 0.1) is 0 Å². The third-order valence-corrected chi connectivity index (χ3v) is 5.80. The number of nitrogens with one attached hydrogen (secondary N) is 1. The van der Waals surface area contributed by atoms with E-state index in [4.69, 9.17) is 5.84 Å². The molecule has 0 aromatic heterocycles. The molecule has 112 valence electrons. The zero-order chi connectivity index (χ0) is 14.0. The molecule has 2 saturated carbocycles. The Balaban J connectivity index is 2.17. The van der Waals surface area contributed by atoms with Crippen LogP contribution in [0.3, 0.4) is 0 Å². The third kappa shape index (κ3) is 2.98. The van der Waals surface area contributed by atoms with Gasteiger partial charge in [0.2, 0.25) is 0 Å². The van der Waals surface area contributed by atoms with Gasteiger partial charge in [-0.1, -0.05) is 26.7 Å². The summed E-state index contributed by atoms with van der Waals surface area (Å²) in [6, 6.07) is 0.454. The summed E-state index contributed by atoms with van der Waals surface area (Å²) >= 11 is 0. The van der Waals surface area contributed by atoms with E-state index in [2.05, 4.69) is 38.3 Å². The van der Waals surface area contributed by atoms with Gasteiger partial charge < -0.3 is 4.90 Å². The van der Waals surface area contributed by atoms with Crippen molar-refractivity contribution in [3.63, 3.8) is 0 Å². The van der Waals surface area contributed by atoms with E-state index in [1.54, 1.807) is 0 Å². The van der Waals surface area contributed by atoms with E-state index in [-0.39, 0.29) is 5.54 Å². The Morgan fingerprint density at radius 2 is 1.58 bits per heavy atom. The van der Waals surface area contributed by atoms with Gasteiger partial charge in [-0.2, -0.15) is 0 Å². The largest absolute Gasteiger partial charge is 0.302 e. The molecule has 2 aliphatic rings. The second-order valence-corrected chi connectivity index (χ2v) is 7.53. The normalized spacial score (nSPS) is 36.6. The smallest absolute Gasteiger partial charge is 0.0422 e. The van der Waals surface area contributed by atoms with Crippen molar-refractivity contribution in [1.29, 1.82) is 0 Å². The van der Waals surface area contributed by atoms with E-state index < -0.39 is 0 Å². The average molecular weight is 267 g/mol. The number of hydrogen-bond acceptors (Lipinski definition) is 3. The van der Waals surface area contributed by atoms with Crippen LogP contribution in [-0.4, -0.2) is 30.6 Å². The molecular formula is C16H33N3. The van der Waals surface area contributed by atoms with Crippen LogP contribution in [0.5, 0.6) is 0 Å². The minimum Gasteiger partial charge on any atom is -0.302 e. The standard InChI is InChI=1S/C16H33N3/c1-12-9-13(2)11-14(10-12)15(18-17)16(19(3)4)7-5-6-8-16/h12-15,18H,5-11,17H2,1-4H3. The van der Waals surface area contributed by atoms with Crippen LogP contribution in [0.4, 0.5) is 0 Å². The van der Waals surface area contributed by atoms with Crippen LogP contribution < -0.4 is 11.3 Å². The summed E-state index contributed by atoms with van der Waals surface area (Å²) in [6.07, 6.45) is 9.39. The molecule has 0 aromatic rings. The van der Waals surface area contributed by atoms with Gasteiger partial charge in [0.25, 0.3) is 0 Å². The first-order valence-electron chi connectivity index (χ1n) is 8.13. The minimum atomic E-state index is 0.288. The zero-order valence-corrected chi connectivity index (χ0v) is 13.3. The summed E-state index contributed by atoms with van der Waals surface area (Å²) in [5.74, 6) is 8.46. The quantitative estimate of drug-likeness (QED) is 0.608. The molecule has 0 amide bonds. The predicted molar refractivity (Wildman–Crippen MR) is 81.7 cm³/mol. The van der Waals surface area contributed by atoms with Gasteiger partial charge in [-0.3, -0.25) is 11.3 Å². The predicted octanol–water partition coefficient (Wildman–Crippen LogP) is 2.77. The van der Waals surface area contributed by atoms with Crippen molar-refractivity contribution in [3.05, 3.63) is 0 Å². The van der Waals surface area contributed by atoms with E-state index in [1.165, 1.54) is 44.9 Å². The van der Waals surface area contributed by atoms with Gasteiger partial charge in [-0.25, -0.2) is 0 Å². The fourth-order valence-electron chi connectivity index (χ4n) is 5.03. The van der Waals surface area contributed by atoms with Gasteiger partial charge in [0, 0.05) is 11.6 Å². The fourth-order valence-corrected chi connectivity index (χ4v) is 5.03. The monoisotopic (exact) mass is 267 g/mol. The molecular weight excluding hydrogens is 234 g/mol. The molecule has 3 unspecified atom stereocenters. The second-order valence-electron chi connectivity index (χ2n) is 7.53. The van der Waals surface area contributed by atoms with Crippen molar-refractivity contribution in [2.75, 3.05) is 14.1 Å². The third-order valence-electron chi connectivity index (χ3n) is 5.80. The molecule has 2 fully saturated rings. The molecule has 3 N–H and O–H groups in total. The lowest BCUT2D eigenvalue weighted by atomic mass is 9.68. The van der Waals surface area contributed by atoms with Crippen molar-refractivity contribution in [1.82, 2.24) is 10.3 Å². The minimum absolute atomic E-state index is 0.288. The molecule has 0 spiro atoms. The molecule has 19 heavy (non-hydrogen) atoms. The highest BCUT2D eigenvalue weighted by atomic mass is 15.3. The van der Waals surface area contributed by atoms with Gasteiger partial charge in [0.1, 0.15) is 0 Å². The summed E-state index contributed by atoms with van der Waals surface area (Å²) < 4.78 is 0. The summed E-state index contributed by atoms with van der Waals surface area (Å²) in [5.41, 5.74) is 3.52. The van der Waals surface area contributed by atoms with Crippen molar-refractivity contribution in [2.45, 2.75) is 70.4 Å². The average Bonchev–Trinajstić information content (AvgIpc) is 2.79. The fraction of sp³-hybridized carbons (Fsp3) is 1.00. The van der Waals surface area contributed by atoms with Crippen molar-refractivity contribution >= 4 is 0 Å². The van der Waals surface area contributed by atoms with Crippen LogP contribution in [0.15, 0.2) is 0 Å². The van der Waals surface area contributed by atoms with Gasteiger partial charge in [-0.05, 0) is 64.0 Å². The second kappa shape index (κ2) is 6.11. The molecule has 3 nitrogen and oxygen atoms in total. The van der Waals surface area contributed by atoms with E-state index in [1.807, 2.05) is 0 Å². The highest BCUT2D eigenvalue weighted by molar-refractivity contribution is 5.04. The van der Waals surface area contributed by atoms with E-state index in [0.717, 1.165) is 17.8 Å². The number of hydrazine groups is 1. The Kier molecular flexibility index (Phi) is 4.91. The van der Waals surface area contributed by atoms with Crippen LogP contribution in [0.25, 0.3) is 0 Å². The van der Waals surface area contributed by atoms with E-state index in [9.17, 15) is 0 Å². The number of rotatable bonds is 4. The first-order valence-corrected chi connectivity index (χ1v) is 8.13. The molecule has 0 aliphatic heterocycles. The summed E-state index contributed by atoms with van der Waals surface area (Å²) in [4.78, 5) is 2.45. The lowest BCUT2D eigenvalue weighted by molar-refractivity contribution is 0.0447. The molecule has 0 aromatic carbocycles. The maximum atomic E-state index is 6.02. The van der Waals surface area contributed by atoms with Gasteiger partial charge in [0.15, 0.2) is 0 Å². The first-order chi connectivity index (χ1) is 8.99. The van der Waals surface area contributed by atoms with Crippen molar-refractivity contribution in [3.8, 4) is 0 Å². The number of likely N-dealkylation sites (N-methyl/N-ethyl adjacent to an activating group) is 1. The molecule has 2 rings (SSSR count). The molecule has 0 bridgehead atoms. The number of hydrogen-bond donors (Lipinski definition) is 2. The van der Waals surface area contributed by atoms with Crippen LogP contribution in [0.2, 0.25) is 0 Å². The Labute approximate surface area is 119 Å².